The second-order valence-electron chi connectivity index (χ2n) is 8.27. The number of halogens is 5. The van der Waals surface area contributed by atoms with E-state index in [2.05, 4.69) is 30.9 Å². The largest absolute Gasteiger partial charge is 0.418 e. The van der Waals surface area contributed by atoms with Gasteiger partial charge in [0, 0.05) is 11.1 Å². The van der Waals surface area contributed by atoms with Gasteiger partial charge in [-0.2, -0.15) is 13.2 Å². The molecular weight excluding hydrogens is 520 g/mol. The molecule has 3 aromatic rings. The van der Waals surface area contributed by atoms with Crippen LogP contribution in [0.5, 0.6) is 5.75 Å². The van der Waals surface area contributed by atoms with Gasteiger partial charge in [-0.3, -0.25) is 9.78 Å². The quantitative estimate of drug-likeness (QED) is 0.365. The Kier molecular flexibility index (Phi) is 7.16. The molecule has 0 unspecified atom stereocenters. The molecule has 2 amide bonds. The molecule has 1 aliphatic rings. The summed E-state index contributed by atoms with van der Waals surface area (Å²) in [6.45, 7) is 1.48. The number of carbonyl (C=O) groups excluding carboxylic acids is 2. The number of carbonyl (C=O) groups is 2. The minimum absolute atomic E-state index is 0.0411. The highest BCUT2D eigenvalue weighted by atomic mass is 35.5. The van der Waals surface area contributed by atoms with Crippen molar-refractivity contribution in [3.8, 4) is 5.75 Å². The number of anilines is 2. The monoisotopic (exact) mass is 538 g/mol. The molecule has 0 bridgehead atoms. The molecule has 2 aromatic heterocycles. The van der Waals surface area contributed by atoms with Crippen LogP contribution in [0.1, 0.15) is 37.1 Å². The van der Waals surface area contributed by atoms with Gasteiger partial charge in [-0.05, 0) is 38.0 Å². The van der Waals surface area contributed by atoms with Gasteiger partial charge >= 0.3 is 12.3 Å². The lowest BCUT2D eigenvalue weighted by molar-refractivity contribution is -0.137. The molecular formula is C23H19ClF4N6O3. The van der Waals surface area contributed by atoms with E-state index in [1.807, 2.05) is 0 Å². The van der Waals surface area contributed by atoms with Gasteiger partial charge in [-0.1, -0.05) is 11.6 Å². The van der Waals surface area contributed by atoms with E-state index in [-0.39, 0.29) is 27.8 Å². The normalized spacial score (nSPS) is 14.9. The molecule has 1 aromatic carbocycles. The van der Waals surface area contributed by atoms with E-state index in [0.717, 1.165) is 24.4 Å². The van der Waals surface area contributed by atoms with Crippen LogP contribution in [0.2, 0.25) is 5.02 Å². The summed E-state index contributed by atoms with van der Waals surface area (Å²) in [4.78, 5) is 36.3. The van der Waals surface area contributed by atoms with Crippen LogP contribution in [-0.4, -0.2) is 32.5 Å². The maximum Gasteiger partial charge on any atom is 0.418 e. The Bertz CT molecular complexity index is 1320. The maximum absolute atomic E-state index is 14.8. The first-order valence-corrected chi connectivity index (χ1v) is 11.2. The lowest BCUT2D eigenvalue weighted by atomic mass is 10.1. The third-order valence-electron chi connectivity index (χ3n) is 5.47. The van der Waals surface area contributed by atoms with Gasteiger partial charge in [0.05, 0.1) is 47.3 Å². The van der Waals surface area contributed by atoms with Crippen LogP contribution in [0.3, 0.4) is 0 Å². The summed E-state index contributed by atoms with van der Waals surface area (Å²) in [7, 11) is 0. The second-order valence-corrected chi connectivity index (χ2v) is 8.71. The molecule has 0 saturated heterocycles. The van der Waals surface area contributed by atoms with Crippen molar-refractivity contribution in [3.63, 3.8) is 0 Å². The summed E-state index contributed by atoms with van der Waals surface area (Å²) >= 11 is 5.68. The molecule has 3 N–H and O–H groups in total. The topological polar surface area (TPSA) is 118 Å². The van der Waals surface area contributed by atoms with Crippen molar-refractivity contribution in [2.75, 3.05) is 5.32 Å². The number of hydrogen-bond acceptors (Lipinski definition) is 7. The number of pyridine rings is 1. The lowest BCUT2D eigenvalue weighted by Crippen LogP contribution is -2.50. The van der Waals surface area contributed by atoms with Gasteiger partial charge in [0.25, 0.3) is 0 Å². The molecule has 0 aliphatic heterocycles. The summed E-state index contributed by atoms with van der Waals surface area (Å²) in [5.41, 5.74) is -2.76. The molecule has 1 aliphatic carbocycles. The Labute approximate surface area is 212 Å². The van der Waals surface area contributed by atoms with Crippen molar-refractivity contribution in [3.05, 3.63) is 71.3 Å². The van der Waals surface area contributed by atoms with E-state index >= 15 is 0 Å². The molecule has 4 rings (SSSR count). The fraction of sp³-hybridized carbons (Fsp3) is 0.261. The van der Waals surface area contributed by atoms with Crippen molar-refractivity contribution in [2.45, 2.75) is 37.5 Å². The van der Waals surface area contributed by atoms with Crippen molar-refractivity contribution in [1.29, 1.82) is 0 Å². The highest BCUT2D eigenvalue weighted by Gasteiger charge is 2.52. The Morgan fingerprint density at radius 2 is 1.84 bits per heavy atom. The van der Waals surface area contributed by atoms with E-state index in [0.29, 0.717) is 12.8 Å². The van der Waals surface area contributed by atoms with Gasteiger partial charge in [0.1, 0.15) is 17.7 Å². The Morgan fingerprint density at radius 1 is 1.14 bits per heavy atom. The molecule has 1 atom stereocenters. The molecule has 1 fully saturated rings. The van der Waals surface area contributed by atoms with Crippen LogP contribution in [0.25, 0.3) is 0 Å². The zero-order chi connectivity index (χ0) is 26.8. The van der Waals surface area contributed by atoms with Crippen molar-refractivity contribution in [1.82, 2.24) is 25.6 Å². The number of alkyl halides is 3. The smallest absolute Gasteiger partial charge is 0.407 e. The third kappa shape index (κ3) is 6.23. The van der Waals surface area contributed by atoms with Gasteiger partial charge in [0.2, 0.25) is 5.91 Å². The summed E-state index contributed by atoms with van der Waals surface area (Å²) in [5.74, 6) is -1.34. The molecule has 194 valence electrons. The average Bonchev–Trinajstić information content (AvgIpc) is 3.60. The maximum atomic E-state index is 14.8. The van der Waals surface area contributed by atoms with Crippen LogP contribution in [-0.2, 0) is 11.0 Å². The zero-order valence-electron chi connectivity index (χ0n) is 19.1. The van der Waals surface area contributed by atoms with Crippen molar-refractivity contribution in [2.24, 2.45) is 0 Å². The molecule has 14 heteroatoms. The lowest BCUT2D eigenvalue weighted by Gasteiger charge is -2.21. The Morgan fingerprint density at radius 3 is 2.46 bits per heavy atom. The average molecular weight is 539 g/mol. The van der Waals surface area contributed by atoms with Gasteiger partial charge < -0.3 is 20.7 Å². The van der Waals surface area contributed by atoms with Crippen LogP contribution >= 0.6 is 11.6 Å². The first-order chi connectivity index (χ1) is 17.5. The Hall–Kier alpha value is -4.00. The van der Waals surface area contributed by atoms with E-state index in [1.165, 1.54) is 31.7 Å². The summed E-state index contributed by atoms with van der Waals surface area (Å²) < 4.78 is 59.8. The van der Waals surface area contributed by atoms with Crippen LogP contribution in [0.15, 0.2) is 49.2 Å². The number of nitrogens with one attached hydrogen (secondary N) is 3. The fourth-order valence-electron chi connectivity index (χ4n) is 3.45. The molecule has 37 heavy (non-hydrogen) atoms. The SMILES string of the molecule is C[C@H](NC(=O)C1(NC(=O)Oc2cncnc2)CC1)c1ncc(Nc2ccc(Cl)cc2C(F)(F)F)cc1F. The van der Waals surface area contributed by atoms with Crippen molar-refractivity contribution < 1.29 is 31.9 Å². The van der Waals surface area contributed by atoms with E-state index in [4.69, 9.17) is 16.3 Å². The summed E-state index contributed by atoms with van der Waals surface area (Å²) in [5, 5.41) is 7.47. The standard InChI is InChI=1S/C23H19ClF4N6O3/c1-12(32-20(35)22(4-5-22)34-21(36)37-15-9-29-11-30-10-15)19-17(25)7-14(8-31-19)33-18-3-2-13(24)6-16(18)23(26,27)28/h2-3,6-12,33H,4-5H2,1H3,(H,32,35)(H,34,36)/t12-/m0/s1. The Balaban J connectivity index is 1.41. The van der Waals surface area contributed by atoms with E-state index in [9.17, 15) is 27.2 Å². The number of ether oxygens (including phenoxy) is 1. The number of nitrogens with zero attached hydrogens (tertiary/aromatic N) is 3. The number of rotatable bonds is 7. The van der Waals surface area contributed by atoms with Crippen LogP contribution in [0, 0.1) is 5.82 Å². The van der Waals surface area contributed by atoms with Crippen LogP contribution in [0.4, 0.5) is 33.7 Å². The minimum Gasteiger partial charge on any atom is -0.407 e. The second kappa shape index (κ2) is 10.2. The number of hydrogen-bond donors (Lipinski definition) is 3. The first-order valence-electron chi connectivity index (χ1n) is 10.8. The predicted octanol–water partition coefficient (Wildman–Crippen LogP) is 4.92. The van der Waals surface area contributed by atoms with Crippen molar-refractivity contribution >= 4 is 35.0 Å². The number of amides is 2. The van der Waals surface area contributed by atoms with Gasteiger partial charge in [-0.15, -0.1) is 0 Å². The van der Waals surface area contributed by atoms with E-state index in [1.54, 1.807) is 0 Å². The summed E-state index contributed by atoms with van der Waals surface area (Å²) in [6, 6.07) is 3.19. The fourth-order valence-corrected chi connectivity index (χ4v) is 3.63. The molecule has 0 spiro atoms. The minimum atomic E-state index is -4.69. The molecule has 0 radical (unpaired) electrons. The summed E-state index contributed by atoms with van der Waals surface area (Å²) in [6.07, 6.45) is 0.0635. The number of aromatic nitrogens is 3. The first kappa shape index (κ1) is 26.1. The molecule has 1 saturated carbocycles. The third-order valence-corrected chi connectivity index (χ3v) is 5.70. The zero-order valence-corrected chi connectivity index (χ0v) is 19.8. The molecule has 2 heterocycles. The molecule has 9 nitrogen and oxygen atoms in total. The van der Waals surface area contributed by atoms with E-state index < -0.39 is 41.1 Å². The number of benzene rings is 1. The van der Waals surface area contributed by atoms with Gasteiger partial charge in [0.15, 0.2) is 5.75 Å². The van der Waals surface area contributed by atoms with Gasteiger partial charge in [-0.25, -0.2) is 19.2 Å². The van der Waals surface area contributed by atoms with Crippen LogP contribution < -0.4 is 20.7 Å². The predicted molar refractivity (Wildman–Crippen MR) is 124 cm³/mol. The highest BCUT2D eigenvalue weighted by Crippen LogP contribution is 2.38. The highest BCUT2D eigenvalue weighted by molar-refractivity contribution is 6.30.